The van der Waals surface area contributed by atoms with E-state index in [1.807, 2.05) is 60.7 Å². The fourth-order valence-electron chi connectivity index (χ4n) is 4.76. The fraction of sp³-hybridized carbons (Fsp3) is 0.250. The molecule has 1 aliphatic rings. The van der Waals surface area contributed by atoms with Crippen molar-refractivity contribution in [1.82, 2.24) is 14.9 Å². The zero-order chi connectivity index (χ0) is 23.5. The maximum atomic E-state index is 13.4. The first kappa shape index (κ1) is 22.4. The summed E-state index contributed by atoms with van der Waals surface area (Å²) in [4.78, 5) is 30.8. The van der Waals surface area contributed by atoms with Gasteiger partial charge in [0.25, 0.3) is 5.56 Å². The van der Waals surface area contributed by atoms with Crippen LogP contribution < -0.4 is 10.9 Å². The lowest BCUT2D eigenvalue weighted by Crippen LogP contribution is -2.32. The fourth-order valence-corrected chi connectivity index (χ4v) is 4.96. The van der Waals surface area contributed by atoms with E-state index in [4.69, 9.17) is 11.6 Å². The average molecular weight is 472 g/mol. The largest absolute Gasteiger partial charge is 0.349 e. The molecule has 3 aromatic carbocycles. The molecule has 1 aliphatic carbocycles. The van der Waals surface area contributed by atoms with Gasteiger partial charge in [-0.1, -0.05) is 66.2 Å². The Kier molecular flexibility index (Phi) is 6.45. The number of rotatable bonds is 6. The number of nitrogens with one attached hydrogen (secondary N) is 1. The van der Waals surface area contributed by atoms with Crippen molar-refractivity contribution in [3.8, 4) is 0 Å². The molecule has 0 saturated heterocycles. The Morgan fingerprint density at radius 3 is 2.68 bits per heavy atom. The lowest BCUT2D eigenvalue weighted by atomic mass is 9.87. The molecule has 0 fully saturated rings. The van der Waals surface area contributed by atoms with Gasteiger partial charge in [0.2, 0.25) is 5.91 Å². The Bertz CT molecular complexity index is 1410. The van der Waals surface area contributed by atoms with E-state index < -0.39 is 0 Å². The number of nitrogens with zero attached hydrogens (tertiary/aromatic N) is 2. The molecule has 1 aromatic heterocycles. The van der Waals surface area contributed by atoms with Crippen molar-refractivity contribution >= 4 is 28.5 Å². The average Bonchev–Trinajstić information content (AvgIpc) is 2.86. The van der Waals surface area contributed by atoms with Crippen molar-refractivity contribution in [2.24, 2.45) is 0 Å². The van der Waals surface area contributed by atoms with Gasteiger partial charge in [-0.2, -0.15) is 0 Å². The molecule has 0 spiro atoms. The van der Waals surface area contributed by atoms with Crippen molar-refractivity contribution in [3.63, 3.8) is 0 Å². The monoisotopic (exact) mass is 471 g/mol. The number of para-hydroxylation sites is 2. The first-order valence-corrected chi connectivity index (χ1v) is 12.1. The number of carbonyl (C=O) groups excluding carboxylic acids is 1. The van der Waals surface area contributed by atoms with Gasteiger partial charge in [-0.3, -0.25) is 9.59 Å². The molecule has 6 heteroatoms. The van der Waals surface area contributed by atoms with Gasteiger partial charge in [0, 0.05) is 17.9 Å². The van der Waals surface area contributed by atoms with Gasteiger partial charge in [0.1, 0.15) is 5.69 Å². The molecule has 5 rings (SSSR count). The van der Waals surface area contributed by atoms with Crippen LogP contribution in [0.15, 0.2) is 77.6 Å². The maximum Gasteiger partial charge on any atom is 0.273 e. The zero-order valence-corrected chi connectivity index (χ0v) is 19.6. The summed E-state index contributed by atoms with van der Waals surface area (Å²) in [5, 5.41) is 3.79. The summed E-state index contributed by atoms with van der Waals surface area (Å²) in [6.45, 7) is 0.347. The minimum Gasteiger partial charge on any atom is -0.349 e. The third kappa shape index (κ3) is 4.62. The minimum atomic E-state index is -0.186. The highest BCUT2D eigenvalue weighted by molar-refractivity contribution is 6.31. The molecular weight excluding hydrogens is 446 g/mol. The number of aryl methyl sites for hydroxylation is 2. The van der Waals surface area contributed by atoms with Crippen LogP contribution >= 0.6 is 11.6 Å². The number of carbonyl (C=O) groups is 1. The zero-order valence-electron chi connectivity index (χ0n) is 18.8. The highest BCUT2D eigenvalue weighted by Gasteiger charge is 2.22. The molecule has 1 N–H and O–H groups in total. The van der Waals surface area contributed by atoms with Gasteiger partial charge in [-0.15, -0.1) is 0 Å². The summed E-state index contributed by atoms with van der Waals surface area (Å²) in [6, 6.07) is 23.4. The molecule has 0 radical (unpaired) electrons. The number of hydrogen-bond donors (Lipinski definition) is 1. The minimum absolute atomic E-state index is 0.0268. The molecule has 34 heavy (non-hydrogen) atoms. The summed E-state index contributed by atoms with van der Waals surface area (Å²) < 4.78 is 1.70. The molecule has 0 unspecified atom stereocenters. The van der Waals surface area contributed by atoms with E-state index in [9.17, 15) is 9.59 Å². The van der Waals surface area contributed by atoms with Crippen molar-refractivity contribution in [3.05, 3.63) is 111 Å². The van der Waals surface area contributed by atoms with Gasteiger partial charge in [-0.05, 0) is 54.2 Å². The maximum absolute atomic E-state index is 13.4. The molecule has 0 saturated carbocycles. The van der Waals surface area contributed by atoms with Crippen molar-refractivity contribution < 1.29 is 4.79 Å². The Morgan fingerprint density at radius 2 is 1.79 bits per heavy atom. The van der Waals surface area contributed by atoms with Crippen molar-refractivity contribution in [2.75, 3.05) is 0 Å². The summed E-state index contributed by atoms with van der Waals surface area (Å²) in [7, 11) is 0. The van der Waals surface area contributed by atoms with Gasteiger partial charge in [-0.25, -0.2) is 4.98 Å². The first-order chi connectivity index (χ1) is 16.6. The summed E-state index contributed by atoms with van der Waals surface area (Å²) in [5.41, 5.74) is 5.05. The van der Waals surface area contributed by atoms with Gasteiger partial charge < -0.3 is 9.88 Å². The lowest BCUT2D eigenvalue weighted by Gasteiger charge is -2.26. The molecule has 1 amide bonds. The van der Waals surface area contributed by atoms with Gasteiger partial charge >= 0.3 is 0 Å². The molecule has 0 aliphatic heterocycles. The molecule has 0 bridgehead atoms. The normalized spacial score (nSPS) is 15.1. The number of halogens is 1. The predicted molar refractivity (Wildman–Crippen MR) is 135 cm³/mol. The van der Waals surface area contributed by atoms with Crippen LogP contribution in [0.2, 0.25) is 5.02 Å². The SMILES string of the molecule is O=C(CCc1nc2ccccc2n(Cc2ccccc2Cl)c1=O)N[C@@H]1CCCc2ccccc21. The highest BCUT2D eigenvalue weighted by atomic mass is 35.5. The van der Waals surface area contributed by atoms with E-state index in [0.717, 1.165) is 35.9 Å². The topological polar surface area (TPSA) is 64.0 Å². The Labute approximate surface area is 203 Å². The Balaban J connectivity index is 1.37. The van der Waals surface area contributed by atoms with Crippen LogP contribution in [0, 0.1) is 0 Å². The van der Waals surface area contributed by atoms with E-state index in [-0.39, 0.29) is 30.3 Å². The van der Waals surface area contributed by atoms with Gasteiger partial charge in [0.05, 0.1) is 23.6 Å². The summed E-state index contributed by atoms with van der Waals surface area (Å²) in [5.74, 6) is -0.0614. The van der Waals surface area contributed by atoms with Crippen LogP contribution in [-0.4, -0.2) is 15.5 Å². The second kappa shape index (κ2) is 9.82. The van der Waals surface area contributed by atoms with Crippen LogP contribution in [0.5, 0.6) is 0 Å². The number of aromatic nitrogens is 2. The molecule has 5 nitrogen and oxygen atoms in total. The first-order valence-electron chi connectivity index (χ1n) is 11.7. The van der Waals surface area contributed by atoms with Crippen LogP contribution in [0.1, 0.15) is 47.7 Å². The van der Waals surface area contributed by atoms with E-state index in [1.54, 1.807) is 4.57 Å². The predicted octanol–water partition coefficient (Wildman–Crippen LogP) is 5.22. The summed E-state index contributed by atoms with van der Waals surface area (Å²) >= 11 is 6.36. The number of fused-ring (bicyclic) bond motifs is 2. The molecule has 172 valence electrons. The van der Waals surface area contributed by atoms with Crippen molar-refractivity contribution in [1.29, 1.82) is 0 Å². The number of benzene rings is 3. The highest BCUT2D eigenvalue weighted by Crippen LogP contribution is 2.29. The van der Waals surface area contributed by atoms with Crippen LogP contribution in [0.4, 0.5) is 0 Å². The lowest BCUT2D eigenvalue weighted by molar-refractivity contribution is -0.121. The van der Waals surface area contributed by atoms with Crippen LogP contribution in [-0.2, 0) is 24.2 Å². The summed E-state index contributed by atoms with van der Waals surface area (Å²) in [6.07, 6.45) is 3.54. The van der Waals surface area contributed by atoms with Crippen LogP contribution in [0.25, 0.3) is 11.0 Å². The Morgan fingerprint density at radius 1 is 1.03 bits per heavy atom. The molecule has 1 atom stereocenters. The van der Waals surface area contributed by atoms with Gasteiger partial charge in [0.15, 0.2) is 0 Å². The second-order valence-corrected chi connectivity index (χ2v) is 9.15. The standard InChI is InChI=1S/C28H26ClN3O2/c29-22-12-4-2-9-20(22)18-32-26-15-6-5-13-24(26)30-25(28(32)34)16-17-27(33)31-23-14-7-10-19-8-1-3-11-21(19)23/h1-6,8-9,11-13,15,23H,7,10,14,16-18H2,(H,31,33)/t23-/m1/s1. The molecule has 4 aromatic rings. The van der Waals surface area contributed by atoms with Crippen molar-refractivity contribution in [2.45, 2.75) is 44.7 Å². The van der Waals surface area contributed by atoms with E-state index in [2.05, 4.69) is 22.4 Å². The third-order valence-electron chi connectivity index (χ3n) is 6.50. The third-order valence-corrected chi connectivity index (χ3v) is 6.87. The number of amides is 1. The second-order valence-electron chi connectivity index (χ2n) is 8.74. The van der Waals surface area contributed by atoms with E-state index in [1.165, 1.54) is 11.1 Å². The smallest absolute Gasteiger partial charge is 0.273 e. The van der Waals surface area contributed by atoms with E-state index >= 15 is 0 Å². The number of hydrogen-bond acceptors (Lipinski definition) is 3. The van der Waals surface area contributed by atoms with E-state index in [0.29, 0.717) is 17.3 Å². The molecule has 1 heterocycles. The quantitative estimate of drug-likeness (QED) is 0.419. The van der Waals surface area contributed by atoms with Crippen LogP contribution in [0.3, 0.4) is 0 Å². The molecular formula is C28H26ClN3O2. The Hall–Kier alpha value is -3.44.